The summed E-state index contributed by atoms with van der Waals surface area (Å²) in [6.45, 7) is -0.215. The number of amides is 1. The average molecular weight is 671 g/mol. The minimum Gasteiger partial charge on any atom is -0.271 e. The van der Waals surface area contributed by atoms with Crippen molar-refractivity contribution in [3.05, 3.63) is 120 Å². The van der Waals surface area contributed by atoms with E-state index in [4.69, 9.17) is 5.10 Å². The minimum atomic E-state index is -0.347. The first-order valence-electron chi connectivity index (χ1n) is 11.1. The lowest BCUT2D eigenvalue weighted by molar-refractivity contribution is -0.133. The van der Waals surface area contributed by atoms with Gasteiger partial charge >= 0.3 is 0 Å². The molecule has 36 heavy (non-hydrogen) atoms. The van der Waals surface area contributed by atoms with Gasteiger partial charge in [0.25, 0.3) is 11.5 Å². The van der Waals surface area contributed by atoms with Crippen LogP contribution in [0.4, 0.5) is 0 Å². The number of carbonyl (C=O) groups excluding carboxylic acids is 1. The molecule has 0 fully saturated rings. The van der Waals surface area contributed by atoms with Crippen LogP contribution in [0, 0.1) is 0 Å². The Balaban J connectivity index is 1.46. The van der Waals surface area contributed by atoms with Crippen LogP contribution in [0.25, 0.3) is 11.3 Å². The van der Waals surface area contributed by atoms with E-state index in [1.807, 2.05) is 72.8 Å². The van der Waals surface area contributed by atoms with E-state index in [2.05, 4.69) is 52.9 Å². The van der Waals surface area contributed by atoms with Crippen molar-refractivity contribution in [2.24, 2.45) is 5.10 Å². The van der Waals surface area contributed by atoms with Crippen molar-refractivity contribution in [3.8, 4) is 11.3 Å². The Bertz CT molecular complexity index is 1500. The maximum absolute atomic E-state index is 13.5. The van der Waals surface area contributed by atoms with Gasteiger partial charge < -0.3 is 0 Å². The molecule has 0 aliphatic carbocycles. The standard InChI is InChI=1S/C27H19Br3N4O2/c28-20-7-1-17(2-8-20)23-13-14-26(35)33(31-23)16-27(36)34-25(19-5-11-22(30)12-6-19)15-24(32-34)18-3-9-21(29)10-4-18/h1-14,25H,15-16H2. The zero-order chi connectivity index (χ0) is 25.2. The first-order valence-corrected chi connectivity index (χ1v) is 13.5. The lowest BCUT2D eigenvalue weighted by atomic mass is 9.98. The van der Waals surface area contributed by atoms with E-state index in [-0.39, 0.29) is 24.1 Å². The molecule has 1 atom stereocenters. The van der Waals surface area contributed by atoms with E-state index in [0.717, 1.165) is 35.8 Å². The maximum Gasteiger partial charge on any atom is 0.267 e. The minimum absolute atomic E-state index is 0.215. The summed E-state index contributed by atoms with van der Waals surface area (Å²) in [6.07, 6.45) is 0.566. The molecule has 9 heteroatoms. The van der Waals surface area contributed by atoms with Gasteiger partial charge in [-0.05, 0) is 53.6 Å². The predicted octanol–water partition coefficient (Wildman–Crippen LogP) is 6.58. The molecule has 0 saturated heterocycles. The molecule has 6 nitrogen and oxygen atoms in total. The summed E-state index contributed by atoms with van der Waals surface area (Å²) in [4.78, 5) is 26.1. The van der Waals surface area contributed by atoms with Gasteiger partial charge in [0.1, 0.15) is 6.54 Å². The van der Waals surface area contributed by atoms with Gasteiger partial charge in [-0.1, -0.05) is 84.2 Å². The number of rotatable bonds is 5. The third-order valence-corrected chi connectivity index (χ3v) is 7.48. The summed E-state index contributed by atoms with van der Waals surface area (Å²) in [7, 11) is 0. The second-order valence-corrected chi connectivity index (χ2v) is 11.0. The molecule has 2 heterocycles. The molecule has 1 unspecified atom stereocenters. The van der Waals surface area contributed by atoms with Gasteiger partial charge in [-0.3, -0.25) is 9.59 Å². The zero-order valence-corrected chi connectivity index (χ0v) is 23.6. The molecule has 180 valence electrons. The number of nitrogens with zero attached hydrogens (tertiary/aromatic N) is 4. The van der Waals surface area contributed by atoms with Crippen LogP contribution in [0.15, 0.2) is 108 Å². The van der Waals surface area contributed by atoms with E-state index in [9.17, 15) is 9.59 Å². The van der Waals surface area contributed by atoms with Gasteiger partial charge in [0.05, 0.1) is 17.4 Å². The molecule has 0 saturated carbocycles. The molecule has 0 radical (unpaired) electrons. The van der Waals surface area contributed by atoms with Crippen LogP contribution in [0.1, 0.15) is 23.6 Å². The van der Waals surface area contributed by atoms with Gasteiger partial charge in [-0.2, -0.15) is 10.2 Å². The first-order chi connectivity index (χ1) is 17.4. The Kier molecular flexibility index (Phi) is 7.32. The Morgan fingerprint density at radius 2 is 1.33 bits per heavy atom. The number of aromatic nitrogens is 2. The molecular formula is C27H19Br3N4O2. The van der Waals surface area contributed by atoms with Crippen LogP contribution < -0.4 is 5.56 Å². The number of carbonyl (C=O) groups is 1. The highest BCUT2D eigenvalue weighted by atomic mass is 79.9. The topological polar surface area (TPSA) is 67.6 Å². The van der Waals surface area contributed by atoms with Crippen LogP contribution >= 0.6 is 47.8 Å². The van der Waals surface area contributed by atoms with Crippen molar-refractivity contribution < 1.29 is 4.79 Å². The largest absolute Gasteiger partial charge is 0.271 e. The van der Waals surface area contributed by atoms with Gasteiger partial charge in [0.2, 0.25) is 0 Å². The predicted molar refractivity (Wildman–Crippen MR) is 151 cm³/mol. The van der Waals surface area contributed by atoms with E-state index in [1.54, 1.807) is 6.07 Å². The molecule has 3 aromatic carbocycles. The summed E-state index contributed by atoms with van der Waals surface area (Å²) >= 11 is 10.4. The Labute approximate surface area is 233 Å². The second-order valence-electron chi connectivity index (χ2n) is 8.28. The second kappa shape index (κ2) is 10.6. The highest BCUT2D eigenvalue weighted by Crippen LogP contribution is 2.34. The molecule has 0 N–H and O–H groups in total. The molecular weight excluding hydrogens is 652 g/mol. The van der Waals surface area contributed by atoms with E-state index in [0.29, 0.717) is 12.1 Å². The van der Waals surface area contributed by atoms with Crippen LogP contribution in [-0.2, 0) is 11.3 Å². The van der Waals surface area contributed by atoms with Gasteiger partial charge in [0.15, 0.2) is 0 Å². The number of benzene rings is 3. The van der Waals surface area contributed by atoms with Crippen LogP contribution in [0.5, 0.6) is 0 Å². The van der Waals surface area contributed by atoms with Crippen LogP contribution in [0.3, 0.4) is 0 Å². The quantitative estimate of drug-likeness (QED) is 0.241. The summed E-state index contributed by atoms with van der Waals surface area (Å²) in [6, 6.07) is 26.1. The van der Waals surface area contributed by atoms with Gasteiger partial charge in [0, 0.05) is 31.5 Å². The normalized spacial score (nSPS) is 15.1. The zero-order valence-electron chi connectivity index (χ0n) is 18.8. The Morgan fingerprint density at radius 1 is 0.778 bits per heavy atom. The fourth-order valence-electron chi connectivity index (χ4n) is 4.04. The third-order valence-electron chi connectivity index (χ3n) is 5.89. The van der Waals surface area contributed by atoms with Gasteiger partial charge in [-0.15, -0.1) is 0 Å². The molecule has 1 aliphatic heterocycles. The monoisotopic (exact) mass is 668 g/mol. The van der Waals surface area contributed by atoms with Crippen molar-refractivity contribution >= 4 is 59.4 Å². The first kappa shape index (κ1) is 24.8. The molecule has 4 aromatic rings. The van der Waals surface area contributed by atoms with E-state index < -0.39 is 0 Å². The van der Waals surface area contributed by atoms with Crippen molar-refractivity contribution in [2.75, 3.05) is 0 Å². The lowest BCUT2D eigenvalue weighted by Crippen LogP contribution is -2.34. The van der Waals surface area contributed by atoms with Crippen molar-refractivity contribution in [1.29, 1.82) is 0 Å². The smallest absolute Gasteiger partial charge is 0.267 e. The molecule has 5 rings (SSSR count). The fourth-order valence-corrected chi connectivity index (χ4v) is 4.83. The summed E-state index contributed by atoms with van der Waals surface area (Å²) in [5.74, 6) is -0.308. The number of hydrogen-bond acceptors (Lipinski definition) is 4. The summed E-state index contributed by atoms with van der Waals surface area (Å²) in [5, 5.41) is 10.7. The SMILES string of the molecule is O=C(Cn1nc(-c2ccc(Br)cc2)ccc1=O)N1N=C(c2ccc(Br)cc2)CC1c1ccc(Br)cc1. The average Bonchev–Trinajstić information content (AvgIpc) is 3.32. The lowest BCUT2D eigenvalue weighted by Gasteiger charge is -2.22. The third kappa shape index (κ3) is 5.43. The molecule has 1 aromatic heterocycles. The van der Waals surface area contributed by atoms with Crippen LogP contribution in [-0.4, -0.2) is 26.4 Å². The van der Waals surface area contributed by atoms with Crippen molar-refractivity contribution in [1.82, 2.24) is 14.8 Å². The Hall–Kier alpha value is -2.88. The van der Waals surface area contributed by atoms with Crippen molar-refractivity contribution in [3.63, 3.8) is 0 Å². The summed E-state index contributed by atoms with van der Waals surface area (Å²) < 4.78 is 4.07. The number of hydrazone groups is 1. The summed E-state index contributed by atoms with van der Waals surface area (Å²) in [5.41, 5.74) is 3.84. The number of hydrogen-bond donors (Lipinski definition) is 0. The highest BCUT2D eigenvalue weighted by molar-refractivity contribution is 9.11. The van der Waals surface area contributed by atoms with E-state index in [1.165, 1.54) is 15.8 Å². The Morgan fingerprint density at radius 3 is 1.94 bits per heavy atom. The number of halogens is 3. The molecule has 1 amide bonds. The highest BCUT2D eigenvalue weighted by Gasteiger charge is 2.33. The molecule has 0 spiro atoms. The van der Waals surface area contributed by atoms with Crippen molar-refractivity contribution in [2.45, 2.75) is 19.0 Å². The van der Waals surface area contributed by atoms with Crippen LogP contribution in [0.2, 0.25) is 0 Å². The fraction of sp³-hybridized carbons (Fsp3) is 0.111. The van der Waals surface area contributed by atoms with E-state index >= 15 is 0 Å². The molecule has 1 aliphatic rings. The maximum atomic E-state index is 13.5. The molecule has 0 bridgehead atoms. The van der Waals surface area contributed by atoms with Gasteiger partial charge in [-0.25, -0.2) is 9.69 Å².